The van der Waals surface area contributed by atoms with E-state index >= 15 is 0 Å². The minimum absolute atomic E-state index is 0.563. The standard InChI is InChI=1S/C11H15F3N2/c12-11(13,14)10-3-1-9(2-4-10)5-7-16-8-6-15/h1-4,16H,5-8,15H2. The van der Waals surface area contributed by atoms with Crippen molar-refractivity contribution in [1.29, 1.82) is 0 Å². The van der Waals surface area contributed by atoms with Gasteiger partial charge in [0, 0.05) is 13.1 Å². The molecule has 0 aliphatic heterocycles. The highest BCUT2D eigenvalue weighted by molar-refractivity contribution is 5.24. The highest BCUT2D eigenvalue weighted by Crippen LogP contribution is 2.29. The smallest absolute Gasteiger partial charge is 0.329 e. The maximum absolute atomic E-state index is 12.2. The fourth-order valence-corrected chi connectivity index (χ4v) is 1.32. The maximum atomic E-state index is 12.2. The lowest BCUT2D eigenvalue weighted by atomic mass is 10.1. The molecule has 0 saturated heterocycles. The molecule has 0 bridgehead atoms. The van der Waals surface area contributed by atoms with Crippen molar-refractivity contribution in [2.45, 2.75) is 12.6 Å². The highest BCUT2D eigenvalue weighted by atomic mass is 19.4. The van der Waals surface area contributed by atoms with Crippen LogP contribution in [0.25, 0.3) is 0 Å². The van der Waals surface area contributed by atoms with Crippen LogP contribution in [-0.4, -0.2) is 19.6 Å². The number of benzene rings is 1. The minimum atomic E-state index is -4.25. The fourth-order valence-electron chi connectivity index (χ4n) is 1.32. The first-order chi connectivity index (χ1) is 7.54. The molecule has 1 aromatic rings. The molecular weight excluding hydrogens is 217 g/mol. The van der Waals surface area contributed by atoms with E-state index in [9.17, 15) is 13.2 Å². The zero-order chi connectivity index (χ0) is 12.0. The molecule has 0 spiro atoms. The van der Waals surface area contributed by atoms with E-state index < -0.39 is 11.7 Å². The predicted molar refractivity (Wildman–Crippen MR) is 57.1 cm³/mol. The van der Waals surface area contributed by atoms with Crippen LogP contribution in [-0.2, 0) is 12.6 Å². The third-order valence-electron chi connectivity index (χ3n) is 2.19. The van der Waals surface area contributed by atoms with E-state index in [1.807, 2.05) is 0 Å². The second kappa shape index (κ2) is 5.86. The zero-order valence-corrected chi connectivity index (χ0v) is 8.85. The van der Waals surface area contributed by atoms with Gasteiger partial charge in [0.25, 0.3) is 0 Å². The molecule has 0 aliphatic rings. The molecule has 0 amide bonds. The minimum Gasteiger partial charge on any atom is -0.329 e. The number of hydrogen-bond donors (Lipinski definition) is 2. The summed E-state index contributed by atoms with van der Waals surface area (Å²) in [7, 11) is 0. The second-order valence-electron chi connectivity index (χ2n) is 3.48. The van der Waals surface area contributed by atoms with E-state index in [4.69, 9.17) is 5.73 Å². The number of halogens is 3. The SMILES string of the molecule is NCCNCCc1ccc(C(F)(F)F)cc1. The Bertz CT molecular complexity index is 306. The first kappa shape index (κ1) is 13.0. The van der Waals surface area contributed by atoms with E-state index in [0.29, 0.717) is 13.0 Å². The van der Waals surface area contributed by atoms with Gasteiger partial charge in [-0.1, -0.05) is 12.1 Å². The third-order valence-corrected chi connectivity index (χ3v) is 2.19. The van der Waals surface area contributed by atoms with Gasteiger partial charge in [0.15, 0.2) is 0 Å². The summed E-state index contributed by atoms with van der Waals surface area (Å²) in [5.74, 6) is 0. The Hall–Kier alpha value is -1.07. The van der Waals surface area contributed by atoms with Crippen molar-refractivity contribution in [2.75, 3.05) is 19.6 Å². The van der Waals surface area contributed by atoms with Crippen LogP contribution in [0.4, 0.5) is 13.2 Å². The van der Waals surface area contributed by atoms with E-state index in [2.05, 4.69) is 5.32 Å². The topological polar surface area (TPSA) is 38.0 Å². The highest BCUT2D eigenvalue weighted by Gasteiger charge is 2.29. The van der Waals surface area contributed by atoms with Crippen LogP contribution >= 0.6 is 0 Å². The molecule has 0 aromatic heterocycles. The van der Waals surface area contributed by atoms with Crippen LogP contribution in [0.5, 0.6) is 0 Å². The van der Waals surface area contributed by atoms with Crippen molar-refractivity contribution in [3.63, 3.8) is 0 Å². The van der Waals surface area contributed by atoms with Gasteiger partial charge in [0.1, 0.15) is 0 Å². The molecule has 1 aromatic carbocycles. The molecule has 2 nitrogen and oxygen atoms in total. The zero-order valence-electron chi connectivity index (χ0n) is 8.85. The van der Waals surface area contributed by atoms with Crippen LogP contribution < -0.4 is 11.1 Å². The largest absolute Gasteiger partial charge is 0.416 e. The van der Waals surface area contributed by atoms with E-state index in [1.165, 1.54) is 12.1 Å². The monoisotopic (exact) mass is 232 g/mol. The van der Waals surface area contributed by atoms with Crippen molar-refractivity contribution < 1.29 is 13.2 Å². The summed E-state index contributed by atoms with van der Waals surface area (Å²) >= 11 is 0. The summed E-state index contributed by atoms with van der Waals surface area (Å²) in [5, 5.41) is 3.08. The average Bonchev–Trinajstić information content (AvgIpc) is 2.24. The Balaban J connectivity index is 2.46. The number of rotatable bonds is 5. The first-order valence-corrected chi connectivity index (χ1v) is 5.11. The molecule has 0 saturated carbocycles. The van der Waals surface area contributed by atoms with Gasteiger partial charge in [0.2, 0.25) is 0 Å². The van der Waals surface area contributed by atoms with Crippen LogP contribution in [0.1, 0.15) is 11.1 Å². The van der Waals surface area contributed by atoms with Crippen molar-refractivity contribution in [2.24, 2.45) is 5.73 Å². The Labute approximate surface area is 92.6 Å². The summed E-state index contributed by atoms with van der Waals surface area (Å²) in [6, 6.07) is 5.23. The Morgan fingerprint density at radius 1 is 1.06 bits per heavy atom. The lowest BCUT2D eigenvalue weighted by Gasteiger charge is -2.07. The van der Waals surface area contributed by atoms with Crippen LogP contribution in [0.15, 0.2) is 24.3 Å². The van der Waals surface area contributed by atoms with Crippen molar-refractivity contribution >= 4 is 0 Å². The van der Waals surface area contributed by atoms with Crippen molar-refractivity contribution in [1.82, 2.24) is 5.32 Å². The molecule has 90 valence electrons. The third kappa shape index (κ3) is 4.20. The van der Waals surface area contributed by atoms with Gasteiger partial charge in [-0.05, 0) is 30.7 Å². The maximum Gasteiger partial charge on any atom is 0.416 e. The van der Waals surface area contributed by atoms with Gasteiger partial charge >= 0.3 is 6.18 Å². The van der Waals surface area contributed by atoms with Crippen LogP contribution in [0.3, 0.4) is 0 Å². The summed E-state index contributed by atoms with van der Waals surface area (Å²) in [6.45, 7) is 2.01. The molecule has 0 atom stereocenters. The first-order valence-electron chi connectivity index (χ1n) is 5.11. The number of nitrogens with two attached hydrogens (primary N) is 1. The quantitative estimate of drug-likeness (QED) is 0.760. The molecule has 0 unspecified atom stereocenters. The van der Waals surface area contributed by atoms with Gasteiger partial charge in [-0.2, -0.15) is 13.2 Å². The van der Waals surface area contributed by atoms with E-state index in [0.717, 1.165) is 30.8 Å². The molecular formula is C11H15F3N2. The van der Waals surface area contributed by atoms with Gasteiger partial charge < -0.3 is 11.1 Å². The Kier molecular flexibility index (Phi) is 4.76. The number of alkyl halides is 3. The lowest BCUT2D eigenvalue weighted by Crippen LogP contribution is -2.24. The molecule has 0 radical (unpaired) electrons. The lowest BCUT2D eigenvalue weighted by molar-refractivity contribution is -0.137. The fraction of sp³-hybridized carbons (Fsp3) is 0.455. The summed E-state index contributed by atoms with van der Waals surface area (Å²) in [5.41, 5.74) is 5.57. The molecule has 3 N–H and O–H groups in total. The Morgan fingerprint density at radius 3 is 2.19 bits per heavy atom. The van der Waals surface area contributed by atoms with Crippen LogP contribution in [0.2, 0.25) is 0 Å². The molecule has 1 rings (SSSR count). The molecule has 5 heteroatoms. The van der Waals surface area contributed by atoms with Gasteiger partial charge in [-0.25, -0.2) is 0 Å². The van der Waals surface area contributed by atoms with Crippen LogP contribution in [0, 0.1) is 0 Å². The summed E-state index contributed by atoms with van der Waals surface area (Å²) in [4.78, 5) is 0. The number of nitrogens with one attached hydrogen (secondary N) is 1. The molecule has 0 aliphatic carbocycles. The Morgan fingerprint density at radius 2 is 1.69 bits per heavy atom. The van der Waals surface area contributed by atoms with Gasteiger partial charge in [0.05, 0.1) is 5.56 Å². The van der Waals surface area contributed by atoms with Crippen molar-refractivity contribution in [3.8, 4) is 0 Å². The summed E-state index contributed by atoms with van der Waals surface area (Å²) in [6.07, 6.45) is -3.55. The van der Waals surface area contributed by atoms with E-state index in [-0.39, 0.29) is 0 Å². The average molecular weight is 232 g/mol. The van der Waals surface area contributed by atoms with E-state index in [1.54, 1.807) is 0 Å². The second-order valence-corrected chi connectivity index (χ2v) is 3.48. The van der Waals surface area contributed by atoms with Gasteiger partial charge in [-0.15, -0.1) is 0 Å². The summed E-state index contributed by atoms with van der Waals surface area (Å²) < 4.78 is 36.7. The normalized spacial score (nSPS) is 11.8. The number of hydrogen-bond acceptors (Lipinski definition) is 2. The van der Waals surface area contributed by atoms with Gasteiger partial charge in [-0.3, -0.25) is 0 Å². The predicted octanol–water partition coefficient (Wildman–Crippen LogP) is 1.80. The molecule has 16 heavy (non-hydrogen) atoms. The van der Waals surface area contributed by atoms with Crippen molar-refractivity contribution in [3.05, 3.63) is 35.4 Å². The molecule has 0 heterocycles. The molecule has 0 fully saturated rings.